The van der Waals surface area contributed by atoms with Gasteiger partial charge >= 0.3 is 0 Å². The fourth-order valence-corrected chi connectivity index (χ4v) is 3.29. The van der Waals surface area contributed by atoms with E-state index < -0.39 is 0 Å². The minimum atomic E-state index is 0.153. The third-order valence-corrected chi connectivity index (χ3v) is 4.82. The van der Waals surface area contributed by atoms with Gasteiger partial charge in [-0.2, -0.15) is 0 Å². The first-order valence-corrected chi connectivity index (χ1v) is 8.63. The van der Waals surface area contributed by atoms with Crippen molar-refractivity contribution in [2.24, 2.45) is 11.8 Å². The van der Waals surface area contributed by atoms with Gasteiger partial charge in [-0.05, 0) is 49.1 Å². The van der Waals surface area contributed by atoms with Gasteiger partial charge in [0.15, 0.2) is 0 Å². The normalized spacial score (nSPS) is 23.7. The van der Waals surface area contributed by atoms with Crippen LogP contribution in [0.15, 0.2) is 12.3 Å². The van der Waals surface area contributed by atoms with Gasteiger partial charge in [-0.25, -0.2) is 4.98 Å². The Labute approximate surface area is 137 Å². The summed E-state index contributed by atoms with van der Waals surface area (Å²) in [5, 5.41) is 9.19. The van der Waals surface area contributed by atoms with Crippen LogP contribution in [-0.2, 0) is 11.2 Å². The average molecular weight is 318 g/mol. The summed E-state index contributed by atoms with van der Waals surface area (Å²) in [6, 6.07) is 2.23. The van der Waals surface area contributed by atoms with E-state index in [1.807, 2.05) is 11.0 Å². The summed E-state index contributed by atoms with van der Waals surface area (Å²) < 4.78 is 5.78. The molecule has 0 bridgehead atoms. The molecule has 0 saturated heterocycles. The molecular weight excluding hydrogens is 292 g/mol. The monoisotopic (exact) mass is 318 g/mol. The summed E-state index contributed by atoms with van der Waals surface area (Å²) in [5.74, 6) is 2.68. The van der Waals surface area contributed by atoms with Gasteiger partial charge in [0.2, 0.25) is 5.91 Å². The maximum Gasteiger partial charge on any atom is 0.228 e. The molecule has 3 rings (SSSR count). The van der Waals surface area contributed by atoms with Gasteiger partial charge in [-0.3, -0.25) is 9.69 Å². The second-order valence-corrected chi connectivity index (χ2v) is 7.12. The summed E-state index contributed by atoms with van der Waals surface area (Å²) in [6.45, 7) is 5.26. The molecular formula is C18H26N2O3. The van der Waals surface area contributed by atoms with Gasteiger partial charge in [0, 0.05) is 19.1 Å². The first-order valence-electron chi connectivity index (χ1n) is 8.63. The summed E-state index contributed by atoms with van der Waals surface area (Å²) in [6.07, 6.45) is 5.75. The molecule has 1 fully saturated rings. The Bertz CT molecular complexity index is 567. The molecule has 126 valence electrons. The number of rotatable bonds is 6. The number of pyridine rings is 1. The lowest BCUT2D eigenvalue weighted by Gasteiger charge is -2.43. The molecule has 0 spiro atoms. The van der Waals surface area contributed by atoms with Crippen LogP contribution in [0.5, 0.6) is 5.75 Å². The maximum atomic E-state index is 12.3. The molecule has 1 aromatic heterocycles. The number of fused-ring (bicyclic) bond motifs is 1. The molecule has 1 saturated carbocycles. The Balaban J connectivity index is 1.71. The second kappa shape index (κ2) is 6.87. The number of hydrogen-bond acceptors (Lipinski definition) is 4. The molecule has 0 atom stereocenters. The van der Waals surface area contributed by atoms with Crippen molar-refractivity contribution in [1.29, 1.82) is 0 Å². The van der Waals surface area contributed by atoms with Crippen LogP contribution in [0.2, 0.25) is 0 Å². The van der Waals surface area contributed by atoms with E-state index in [4.69, 9.17) is 4.74 Å². The topological polar surface area (TPSA) is 62.7 Å². The number of amides is 1. The summed E-state index contributed by atoms with van der Waals surface area (Å²) in [4.78, 5) is 18.7. The number of aromatic nitrogens is 1. The number of carbonyl (C=O) groups is 1. The number of aryl methyl sites for hydroxylation is 1. The van der Waals surface area contributed by atoms with Crippen molar-refractivity contribution in [1.82, 2.24) is 4.98 Å². The molecule has 0 unspecified atom stereocenters. The highest BCUT2D eigenvalue weighted by atomic mass is 16.5. The van der Waals surface area contributed by atoms with E-state index in [-0.39, 0.29) is 18.6 Å². The third-order valence-electron chi connectivity index (χ3n) is 4.82. The minimum Gasteiger partial charge on any atom is -0.492 e. The van der Waals surface area contributed by atoms with Gasteiger partial charge < -0.3 is 9.84 Å². The fraction of sp³-hybridized carbons (Fsp3) is 0.667. The molecule has 5 nitrogen and oxygen atoms in total. The van der Waals surface area contributed by atoms with Crippen LogP contribution in [-0.4, -0.2) is 35.3 Å². The van der Waals surface area contributed by atoms with E-state index in [0.29, 0.717) is 24.9 Å². The number of aliphatic hydroxyl groups excluding tert-OH is 1. The number of nitrogens with zero attached hydrogens (tertiary/aromatic N) is 2. The number of hydrogen-bond donors (Lipinski definition) is 1. The molecule has 2 heterocycles. The molecule has 0 aromatic carbocycles. The SMILES string of the molecule is CC(C)CCOc1cnc2c(c1)CCC(=O)N2C1CC(CO)C1. The Kier molecular flexibility index (Phi) is 4.85. The zero-order valence-corrected chi connectivity index (χ0v) is 14.0. The first-order chi connectivity index (χ1) is 11.1. The zero-order valence-electron chi connectivity index (χ0n) is 14.0. The van der Waals surface area contributed by atoms with Crippen LogP contribution in [0.3, 0.4) is 0 Å². The van der Waals surface area contributed by atoms with Crippen LogP contribution in [0.1, 0.15) is 45.1 Å². The smallest absolute Gasteiger partial charge is 0.228 e. The lowest BCUT2D eigenvalue weighted by molar-refractivity contribution is -0.120. The van der Waals surface area contributed by atoms with Crippen LogP contribution in [0.25, 0.3) is 0 Å². The first kappa shape index (κ1) is 16.2. The van der Waals surface area contributed by atoms with Crippen molar-refractivity contribution >= 4 is 11.7 Å². The van der Waals surface area contributed by atoms with E-state index >= 15 is 0 Å². The Morgan fingerprint density at radius 2 is 2.17 bits per heavy atom. The molecule has 1 amide bonds. The molecule has 0 radical (unpaired) electrons. The van der Waals surface area contributed by atoms with Gasteiger partial charge in [0.1, 0.15) is 11.6 Å². The van der Waals surface area contributed by atoms with Gasteiger partial charge in [0.25, 0.3) is 0 Å². The van der Waals surface area contributed by atoms with E-state index in [1.54, 1.807) is 6.20 Å². The van der Waals surface area contributed by atoms with Gasteiger partial charge in [-0.1, -0.05) is 13.8 Å². The van der Waals surface area contributed by atoms with Crippen molar-refractivity contribution in [2.75, 3.05) is 18.1 Å². The maximum absolute atomic E-state index is 12.3. The van der Waals surface area contributed by atoms with Crippen molar-refractivity contribution in [3.63, 3.8) is 0 Å². The summed E-state index contributed by atoms with van der Waals surface area (Å²) in [5.41, 5.74) is 1.10. The number of carbonyl (C=O) groups excluding carboxylic acids is 1. The van der Waals surface area contributed by atoms with Gasteiger partial charge in [-0.15, -0.1) is 0 Å². The lowest BCUT2D eigenvalue weighted by atomic mass is 9.79. The number of anilines is 1. The molecule has 23 heavy (non-hydrogen) atoms. The van der Waals surface area contributed by atoms with E-state index in [2.05, 4.69) is 18.8 Å². The molecule has 1 aliphatic carbocycles. The van der Waals surface area contributed by atoms with E-state index in [1.165, 1.54) is 0 Å². The highest BCUT2D eigenvalue weighted by Crippen LogP contribution is 2.38. The predicted molar refractivity (Wildman–Crippen MR) is 88.6 cm³/mol. The van der Waals surface area contributed by atoms with E-state index in [0.717, 1.165) is 42.8 Å². The average Bonchev–Trinajstić information content (AvgIpc) is 2.48. The van der Waals surface area contributed by atoms with Crippen molar-refractivity contribution in [3.05, 3.63) is 17.8 Å². The molecule has 1 N–H and O–H groups in total. The summed E-state index contributed by atoms with van der Waals surface area (Å²) in [7, 11) is 0. The quantitative estimate of drug-likeness (QED) is 0.875. The van der Waals surface area contributed by atoms with Crippen molar-refractivity contribution in [2.45, 2.75) is 52.0 Å². The number of ether oxygens (including phenoxy) is 1. The number of aliphatic hydroxyl groups is 1. The van der Waals surface area contributed by atoms with Crippen LogP contribution in [0, 0.1) is 11.8 Å². The van der Waals surface area contributed by atoms with E-state index in [9.17, 15) is 9.90 Å². The van der Waals surface area contributed by atoms with Gasteiger partial charge in [0.05, 0.1) is 12.8 Å². The molecule has 1 aliphatic heterocycles. The predicted octanol–water partition coefficient (Wildman–Crippen LogP) is 2.56. The standard InChI is InChI=1S/C18H26N2O3/c1-12(2)5-6-23-16-9-14-3-4-17(22)20(18(14)19-10-16)15-7-13(8-15)11-21/h9-10,12-13,15,21H,3-8,11H2,1-2H3. The van der Waals surface area contributed by atoms with Crippen molar-refractivity contribution in [3.8, 4) is 5.75 Å². The Morgan fingerprint density at radius 1 is 1.39 bits per heavy atom. The Hall–Kier alpha value is -1.62. The van der Waals surface area contributed by atoms with Crippen molar-refractivity contribution < 1.29 is 14.6 Å². The minimum absolute atomic E-state index is 0.153. The van der Waals surface area contributed by atoms with Crippen LogP contribution >= 0.6 is 0 Å². The third kappa shape index (κ3) is 3.50. The van der Waals surface area contributed by atoms with Crippen LogP contribution < -0.4 is 9.64 Å². The lowest BCUT2D eigenvalue weighted by Crippen LogP contribution is -2.51. The molecule has 2 aliphatic rings. The van der Waals surface area contributed by atoms with Crippen LogP contribution in [0.4, 0.5) is 5.82 Å². The largest absolute Gasteiger partial charge is 0.492 e. The molecule has 1 aromatic rings. The Morgan fingerprint density at radius 3 is 2.87 bits per heavy atom. The highest BCUT2D eigenvalue weighted by Gasteiger charge is 2.39. The second-order valence-electron chi connectivity index (χ2n) is 7.12. The highest BCUT2D eigenvalue weighted by molar-refractivity contribution is 5.96. The zero-order chi connectivity index (χ0) is 16.4. The molecule has 5 heteroatoms. The fourth-order valence-electron chi connectivity index (χ4n) is 3.29. The summed E-state index contributed by atoms with van der Waals surface area (Å²) >= 11 is 0.